The van der Waals surface area contributed by atoms with Crippen LogP contribution in [0.15, 0.2) is 42.9 Å². The van der Waals surface area contributed by atoms with Crippen molar-refractivity contribution in [2.24, 2.45) is 5.73 Å². The van der Waals surface area contributed by atoms with Crippen LogP contribution in [0.3, 0.4) is 0 Å². The largest absolute Gasteiger partial charge is 0.465 e. The smallest absolute Gasteiger partial charge is 0.337 e. The van der Waals surface area contributed by atoms with E-state index >= 15 is 0 Å². The standard InChI is InChI=1S/C17H18N4O2/c1-23-17(22)13-3-6-19-14(10-13)15-9-12-4-8-21(7-2-5-18)16(12)11-20-15/h3-4,6,8-11H,2,5,7,18H2,1H3. The highest BCUT2D eigenvalue weighted by atomic mass is 16.5. The summed E-state index contributed by atoms with van der Waals surface area (Å²) in [5.41, 5.74) is 8.45. The minimum Gasteiger partial charge on any atom is -0.465 e. The molecule has 0 radical (unpaired) electrons. The molecule has 118 valence electrons. The van der Waals surface area contributed by atoms with Crippen molar-refractivity contribution >= 4 is 16.9 Å². The zero-order chi connectivity index (χ0) is 16.2. The minimum absolute atomic E-state index is 0.386. The first-order chi connectivity index (χ1) is 11.2. The van der Waals surface area contributed by atoms with Crippen molar-refractivity contribution in [1.82, 2.24) is 14.5 Å². The van der Waals surface area contributed by atoms with E-state index in [1.54, 1.807) is 18.3 Å². The highest BCUT2D eigenvalue weighted by Crippen LogP contribution is 2.22. The average Bonchev–Trinajstić information content (AvgIpc) is 3.01. The maximum Gasteiger partial charge on any atom is 0.337 e. The van der Waals surface area contributed by atoms with Gasteiger partial charge in [0.1, 0.15) is 0 Å². The summed E-state index contributed by atoms with van der Waals surface area (Å²) < 4.78 is 6.87. The van der Waals surface area contributed by atoms with Crippen LogP contribution in [0.1, 0.15) is 16.8 Å². The van der Waals surface area contributed by atoms with Gasteiger partial charge in [0.2, 0.25) is 0 Å². The summed E-state index contributed by atoms with van der Waals surface area (Å²) in [6, 6.07) is 7.32. The molecule has 0 aliphatic heterocycles. The number of hydrogen-bond acceptors (Lipinski definition) is 5. The maximum absolute atomic E-state index is 11.6. The predicted molar refractivity (Wildman–Crippen MR) is 88.0 cm³/mol. The molecule has 6 nitrogen and oxygen atoms in total. The fraction of sp³-hybridized carbons (Fsp3) is 0.235. The highest BCUT2D eigenvalue weighted by molar-refractivity contribution is 5.90. The predicted octanol–water partition coefficient (Wildman–Crippen LogP) is 2.23. The topological polar surface area (TPSA) is 83.0 Å². The van der Waals surface area contributed by atoms with Gasteiger partial charge in [0.05, 0.1) is 35.8 Å². The molecule has 0 unspecified atom stereocenters. The first kappa shape index (κ1) is 15.2. The van der Waals surface area contributed by atoms with E-state index in [0.29, 0.717) is 17.8 Å². The Kier molecular flexibility index (Phi) is 4.34. The summed E-state index contributed by atoms with van der Waals surface area (Å²) in [5.74, 6) is -0.386. The molecule has 3 rings (SSSR count). The SMILES string of the molecule is COC(=O)c1ccnc(-c2cc3ccn(CCCN)c3cn2)c1. The number of nitrogens with two attached hydrogens (primary N) is 1. The van der Waals surface area contributed by atoms with Crippen LogP contribution in [0.5, 0.6) is 0 Å². The van der Waals surface area contributed by atoms with E-state index in [4.69, 9.17) is 10.5 Å². The molecule has 3 aromatic heterocycles. The number of esters is 1. The number of pyridine rings is 2. The van der Waals surface area contributed by atoms with Gasteiger partial charge in [-0.25, -0.2) is 4.79 Å². The molecular weight excluding hydrogens is 292 g/mol. The summed E-state index contributed by atoms with van der Waals surface area (Å²) in [6.07, 6.45) is 6.37. The second-order valence-electron chi connectivity index (χ2n) is 5.20. The van der Waals surface area contributed by atoms with Crippen molar-refractivity contribution in [1.29, 1.82) is 0 Å². The zero-order valence-electron chi connectivity index (χ0n) is 12.9. The van der Waals surface area contributed by atoms with Crippen molar-refractivity contribution in [3.05, 3.63) is 48.4 Å². The summed E-state index contributed by atoms with van der Waals surface area (Å²) in [7, 11) is 1.36. The number of hydrogen-bond donors (Lipinski definition) is 1. The Labute approximate surface area is 133 Å². The van der Waals surface area contributed by atoms with E-state index in [9.17, 15) is 4.79 Å². The second-order valence-corrected chi connectivity index (χ2v) is 5.20. The third-order valence-corrected chi connectivity index (χ3v) is 3.70. The Morgan fingerprint density at radius 1 is 1.26 bits per heavy atom. The van der Waals surface area contributed by atoms with Crippen LogP contribution in [0.2, 0.25) is 0 Å². The van der Waals surface area contributed by atoms with Gasteiger partial charge in [0.15, 0.2) is 0 Å². The van der Waals surface area contributed by atoms with Crippen molar-refractivity contribution in [2.75, 3.05) is 13.7 Å². The quantitative estimate of drug-likeness (QED) is 0.731. The van der Waals surface area contributed by atoms with Crippen LogP contribution in [-0.4, -0.2) is 34.2 Å². The first-order valence-electron chi connectivity index (χ1n) is 7.42. The Morgan fingerprint density at radius 3 is 2.87 bits per heavy atom. The number of aromatic nitrogens is 3. The van der Waals surface area contributed by atoms with Crippen LogP contribution >= 0.6 is 0 Å². The van der Waals surface area contributed by atoms with Crippen LogP contribution in [0.25, 0.3) is 22.3 Å². The Balaban J connectivity index is 1.96. The molecule has 6 heteroatoms. The number of aryl methyl sites for hydroxylation is 1. The number of rotatable bonds is 5. The molecule has 0 fully saturated rings. The van der Waals surface area contributed by atoms with Crippen molar-refractivity contribution in [2.45, 2.75) is 13.0 Å². The van der Waals surface area contributed by atoms with E-state index in [-0.39, 0.29) is 5.97 Å². The molecule has 0 aromatic carbocycles. The molecular formula is C17H18N4O2. The first-order valence-corrected chi connectivity index (χ1v) is 7.42. The third kappa shape index (κ3) is 3.07. The normalized spacial score (nSPS) is 10.9. The van der Waals surface area contributed by atoms with Crippen LogP contribution in [0.4, 0.5) is 0 Å². The van der Waals surface area contributed by atoms with E-state index in [1.165, 1.54) is 7.11 Å². The number of methoxy groups -OCH3 is 1. The van der Waals surface area contributed by atoms with Gasteiger partial charge in [0.25, 0.3) is 0 Å². The molecule has 0 aliphatic rings. The molecule has 0 bridgehead atoms. The summed E-state index contributed by atoms with van der Waals surface area (Å²) in [5, 5.41) is 1.08. The highest BCUT2D eigenvalue weighted by Gasteiger charge is 2.10. The van der Waals surface area contributed by atoms with Gasteiger partial charge < -0.3 is 15.0 Å². The van der Waals surface area contributed by atoms with E-state index in [2.05, 4.69) is 14.5 Å². The van der Waals surface area contributed by atoms with Gasteiger partial charge in [-0.2, -0.15) is 0 Å². The van der Waals surface area contributed by atoms with Crippen LogP contribution < -0.4 is 5.73 Å². The third-order valence-electron chi connectivity index (χ3n) is 3.70. The molecule has 0 spiro atoms. The molecule has 0 amide bonds. The molecule has 0 saturated carbocycles. The minimum atomic E-state index is -0.386. The molecule has 2 N–H and O–H groups in total. The summed E-state index contributed by atoms with van der Waals surface area (Å²) in [6.45, 7) is 1.53. The maximum atomic E-state index is 11.6. The molecule has 23 heavy (non-hydrogen) atoms. The van der Waals surface area contributed by atoms with Gasteiger partial charge in [0, 0.05) is 24.3 Å². The second kappa shape index (κ2) is 6.58. The van der Waals surface area contributed by atoms with E-state index in [1.807, 2.05) is 24.5 Å². The Hall–Kier alpha value is -2.73. The number of carbonyl (C=O) groups is 1. The van der Waals surface area contributed by atoms with E-state index < -0.39 is 0 Å². The van der Waals surface area contributed by atoms with Gasteiger partial charge in [-0.1, -0.05) is 0 Å². The van der Waals surface area contributed by atoms with Crippen molar-refractivity contribution < 1.29 is 9.53 Å². The van der Waals surface area contributed by atoms with Crippen LogP contribution in [-0.2, 0) is 11.3 Å². The van der Waals surface area contributed by atoms with Crippen LogP contribution in [0, 0.1) is 0 Å². The molecule has 3 heterocycles. The van der Waals surface area contributed by atoms with Gasteiger partial charge >= 0.3 is 5.97 Å². The van der Waals surface area contributed by atoms with Crippen molar-refractivity contribution in [3.8, 4) is 11.4 Å². The number of nitrogens with zero attached hydrogens (tertiary/aromatic N) is 3. The molecule has 0 saturated heterocycles. The van der Waals surface area contributed by atoms with Gasteiger partial charge in [-0.05, 0) is 37.2 Å². The summed E-state index contributed by atoms with van der Waals surface area (Å²) >= 11 is 0. The Morgan fingerprint density at radius 2 is 2.09 bits per heavy atom. The fourth-order valence-electron chi connectivity index (χ4n) is 2.50. The zero-order valence-corrected chi connectivity index (χ0v) is 12.9. The van der Waals surface area contributed by atoms with Crippen molar-refractivity contribution in [3.63, 3.8) is 0 Å². The van der Waals surface area contributed by atoms with E-state index in [0.717, 1.165) is 29.6 Å². The lowest BCUT2D eigenvalue weighted by Crippen LogP contribution is -2.05. The Bertz CT molecular complexity index is 841. The average molecular weight is 310 g/mol. The molecule has 3 aromatic rings. The lowest BCUT2D eigenvalue weighted by Gasteiger charge is -2.06. The molecule has 0 atom stereocenters. The number of fused-ring (bicyclic) bond motifs is 1. The summed E-state index contributed by atoms with van der Waals surface area (Å²) in [4.78, 5) is 20.4. The fourth-order valence-corrected chi connectivity index (χ4v) is 2.50. The monoisotopic (exact) mass is 310 g/mol. The lowest BCUT2D eigenvalue weighted by atomic mass is 10.1. The number of carbonyl (C=O) groups excluding carboxylic acids is 1. The number of ether oxygens (including phenoxy) is 1. The van der Waals surface area contributed by atoms with Gasteiger partial charge in [-0.3, -0.25) is 9.97 Å². The van der Waals surface area contributed by atoms with Gasteiger partial charge in [-0.15, -0.1) is 0 Å². The molecule has 0 aliphatic carbocycles. The lowest BCUT2D eigenvalue weighted by molar-refractivity contribution is 0.0600.